The van der Waals surface area contributed by atoms with E-state index in [0.29, 0.717) is 17.3 Å². The number of hydrogen-bond acceptors (Lipinski definition) is 4. The van der Waals surface area contributed by atoms with Gasteiger partial charge in [0.15, 0.2) is 0 Å². The molecule has 4 rings (SSSR count). The van der Waals surface area contributed by atoms with Crippen molar-refractivity contribution in [2.45, 2.75) is 90.8 Å². The summed E-state index contributed by atoms with van der Waals surface area (Å²) < 4.78 is 0. The van der Waals surface area contributed by atoms with Crippen LogP contribution in [0.5, 0.6) is 0 Å². The highest BCUT2D eigenvalue weighted by Crippen LogP contribution is 2.68. The van der Waals surface area contributed by atoms with Crippen molar-refractivity contribution in [1.29, 1.82) is 0 Å². The Morgan fingerprint density at radius 1 is 0.897 bits per heavy atom. The van der Waals surface area contributed by atoms with Crippen molar-refractivity contribution in [2.75, 3.05) is 0 Å². The summed E-state index contributed by atoms with van der Waals surface area (Å²) in [5.74, 6) is -4.01. The van der Waals surface area contributed by atoms with E-state index < -0.39 is 23.5 Å². The average molecular weight is 407 g/mol. The van der Waals surface area contributed by atoms with Gasteiger partial charge in [0.2, 0.25) is 5.79 Å². The van der Waals surface area contributed by atoms with E-state index >= 15 is 0 Å². The van der Waals surface area contributed by atoms with E-state index in [1.807, 2.05) is 0 Å². The van der Waals surface area contributed by atoms with Crippen LogP contribution in [0.4, 0.5) is 0 Å². The Hall–Kier alpha value is -0.940. The topological polar surface area (TPSA) is 94.8 Å². The maximum absolute atomic E-state index is 12.0. The molecule has 4 aliphatic rings. The second kappa shape index (κ2) is 7.05. The number of carboxylic acid groups (broad SMARTS) is 1. The zero-order chi connectivity index (χ0) is 21.2. The second-order valence-electron chi connectivity index (χ2n) is 11.3. The van der Waals surface area contributed by atoms with Gasteiger partial charge in [0, 0.05) is 5.92 Å². The van der Waals surface area contributed by atoms with Crippen molar-refractivity contribution in [3.63, 3.8) is 0 Å². The van der Waals surface area contributed by atoms with Crippen molar-refractivity contribution in [3.8, 4) is 0 Å². The van der Waals surface area contributed by atoms with E-state index in [-0.39, 0.29) is 11.3 Å². The first kappa shape index (κ1) is 21.3. The number of carbonyl (C=O) groups excluding carboxylic acids is 1. The van der Waals surface area contributed by atoms with E-state index in [4.69, 9.17) is 5.11 Å². The van der Waals surface area contributed by atoms with E-state index in [0.717, 1.165) is 31.1 Å². The van der Waals surface area contributed by atoms with Gasteiger partial charge in [-0.15, -0.1) is 0 Å². The average Bonchev–Trinajstić information content (AvgIpc) is 3.03. The van der Waals surface area contributed by atoms with Gasteiger partial charge in [-0.1, -0.05) is 33.6 Å². The highest BCUT2D eigenvalue weighted by molar-refractivity contribution is 6.35. The first-order valence-electron chi connectivity index (χ1n) is 11.8. The summed E-state index contributed by atoms with van der Waals surface area (Å²) in [4.78, 5) is 23.1. The molecule has 0 saturated heterocycles. The molecular formula is C24H38O5. The Morgan fingerprint density at radius 3 is 2.28 bits per heavy atom. The number of ketones is 1. The first-order chi connectivity index (χ1) is 13.5. The molecule has 0 aromatic carbocycles. The SMILES string of the molecule is C[C@@H]([C@H]1CC[C@H]2[C@@H]3CCC4CCCC[C@]4(C)[C@H]3CC[C@]12C)C(O)(O)C(=O)C(=O)O. The number of aliphatic carboxylic acids is 1. The largest absolute Gasteiger partial charge is 0.475 e. The summed E-state index contributed by atoms with van der Waals surface area (Å²) >= 11 is 0. The highest BCUT2D eigenvalue weighted by Gasteiger charge is 2.62. The maximum atomic E-state index is 12.0. The quantitative estimate of drug-likeness (QED) is 0.484. The zero-order valence-corrected chi connectivity index (χ0v) is 18.2. The van der Waals surface area contributed by atoms with Crippen LogP contribution in [0.15, 0.2) is 0 Å². The molecule has 0 radical (unpaired) electrons. The molecule has 5 heteroatoms. The van der Waals surface area contributed by atoms with Crippen molar-refractivity contribution in [1.82, 2.24) is 0 Å². The first-order valence-corrected chi connectivity index (χ1v) is 11.8. The summed E-state index contributed by atoms with van der Waals surface area (Å²) in [6, 6.07) is 0. The van der Waals surface area contributed by atoms with Crippen LogP contribution < -0.4 is 0 Å². The molecule has 4 aliphatic carbocycles. The molecule has 4 fully saturated rings. The van der Waals surface area contributed by atoms with Gasteiger partial charge in [-0.3, -0.25) is 4.79 Å². The molecule has 0 aromatic heterocycles. The molecule has 0 spiro atoms. The summed E-state index contributed by atoms with van der Waals surface area (Å²) in [5, 5.41) is 29.9. The fourth-order valence-corrected chi connectivity index (χ4v) is 8.80. The Kier molecular flexibility index (Phi) is 5.18. The molecule has 0 bridgehead atoms. The molecular weight excluding hydrogens is 368 g/mol. The molecule has 29 heavy (non-hydrogen) atoms. The van der Waals surface area contributed by atoms with E-state index in [9.17, 15) is 19.8 Å². The fraction of sp³-hybridized carbons (Fsp3) is 0.917. The second-order valence-corrected chi connectivity index (χ2v) is 11.3. The van der Waals surface area contributed by atoms with E-state index in [1.54, 1.807) is 6.92 Å². The normalized spacial score (nSPS) is 45.6. The van der Waals surface area contributed by atoms with Gasteiger partial charge in [-0.2, -0.15) is 0 Å². The molecule has 0 amide bonds. The van der Waals surface area contributed by atoms with Crippen LogP contribution in [0, 0.1) is 46.3 Å². The van der Waals surface area contributed by atoms with E-state index in [1.165, 1.54) is 44.9 Å². The van der Waals surface area contributed by atoms with Gasteiger partial charge in [-0.05, 0) is 91.8 Å². The predicted octanol–water partition coefficient (Wildman–Crippen LogP) is 4.01. The van der Waals surface area contributed by atoms with Crippen LogP contribution in [-0.2, 0) is 9.59 Å². The third-order valence-corrected chi connectivity index (χ3v) is 10.4. The minimum Gasteiger partial charge on any atom is -0.475 e. The number of aliphatic hydroxyl groups is 2. The van der Waals surface area contributed by atoms with E-state index in [2.05, 4.69) is 13.8 Å². The standard InChI is InChI=1S/C24H38O5/c1-14(24(28,29)20(25)21(26)27)17-9-10-18-16-8-7-15-6-4-5-12-22(15,2)19(16)11-13-23(17,18)3/h14-19,28-29H,4-13H2,1-3H3,(H,26,27)/t14-,15?,16-,17+,18-,19-,22-,23+/m0/s1. The predicted molar refractivity (Wildman–Crippen MR) is 109 cm³/mol. The van der Waals surface area contributed by atoms with Crippen molar-refractivity contribution in [2.24, 2.45) is 46.3 Å². The van der Waals surface area contributed by atoms with Crippen molar-refractivity contribution >= 4 is 11.8 Å². The number of carbonyl (C=O) groups is 2. The van der Waals surface area contributed by atoms with Crippen LogP contribution in [0.3, 0.4) is 0 Å². The molecule has 164 valence electrons. The molecule has 4 saturated carbocycles. The number of hydrogen-bond donors (Lipinski definition) is 3. The minimum atomic E-state index is -2.79. The highest BCUT2D eigenvalue weighted by atomic mass is 16.5. The lowest BCUT2D eigenvalue weighted by atomic mass is 9.44. The summed E-state index contributed by atoms with van der Waals surface area (Å²) in [6.07, 6.45) is 12.2. The third-order valence-electron chi connectivity index (χ3n) is 10.4. The Bertz CT molecular complexity index is 687. The number of fused-ring (bicyclic) bond motifs is 5. The molecule has 0 aromatic rings. The Balaban J connectivity index is 1.58. The molecule has 1 unspecified atom stereocenters. The Morgan fingerprint density at radius 2 is 1.59 bits per heavy atom. The lowest BCUT2D eigenvalue weighted by molar-refractivity contribution is -0.219. The van der Waals surface area contributed by atoms with Gasteiger partial charge < -0.3 is 15.3 Å². The molecule has 0 heterocycles. The molecule has 3 N–H and O–H groups in total. The monoisotopic (exact) mass is 406 g/mol. The lowest BCUT2D eigenvalue weighted by Gasteiger charge is -2.61. The van der Waals surface area contributed by atoms with Crippen LogP contribution in [-0.4, -0.2) is 32.9 Å². The smallest absolute Gasteiger partial charge is 0.378 e. The van der Waals surface area contributed by atoms with Crippen LogP contribution in [0.1, 0.15) is 85.0 Å². The van der Waals surface area contributed by atoms with Gasteiger partial charge in [0.05, 0.1) is 0 Å². The maximum Gasteiger partial charge on any atom is 0.378 e. The number of carboxylic acids is 1. The molecule has 5 nitrogen and oxygen atoms in total. The van der Waals surface area contributed by atoms with Crippen molar-refractivity contribution in [3.05, 3.63) is 0 Å². The minimum absolute atomic E-state index is 0.0383. The van der Waals surface area contributed by atoms with Gasteiger partial charge >= 0.3 is 5.97 Å². The summed E-state index contributed by atoms with van der Waals surface area (Å²) in [5.41, 5.74) is 0.414. The van der Waals surface area contributed by atoms with Crippen LogP contribution in [0.25, 0.3) is 0 Å². The van der Waals surface area contributed by atoms with Gasteiger partial charge in [-0.25, -0.2) is 4.79 Å². The van der Waals surface area contributed by atoms with Gasteiger partial charge in [0.25, 0.3) is 5.78 Å². The van der Waals surface area contributed by atoms with Crippen molar-refractivity contribution < 1.29 is 24.9 Å². The fourth-order valence-electron chi connectivity index (χ4n) is 8.80. The number of Topliss-reactive ketones (excluding diaryl/α,β-unsaturated/α-hetero) is 1. The zero-order valence-electron chi connectivity index (χ0n) is 18.2. The number of rotatable bonds is 4. The molecule has 8 atom stereocenters. The Labute approximate surface area is 174 Å². The van der Waals surface area contributed by atoms with Crippen LogP contribution >= 0.6 is 0 Å². The molecule has 0 aliphatic heterocycles. The third kappa shape index (κ3) is 3.02. The van der Waals surface area contributed by atoms with Gasteiger partial charge in [0.1, 0.15) is 0 Å². The van der Waals surface area contributed by atoms with Crippen LogP contribution in [0.2, 0.25) is 0 Å². The lowest BCUT2D eigenvalue weighted by Crippen LogP contribution is -2.56. The summed E-state index contributed by atoms with van der Waals surface area (Å²) in [6.45, 7) is 6.48. The summed E-state index contributed by atoms with van der Waals surface area (Å²) in [7, 11) is 0.